The van der Waals surface area contributed by atoms with Crippen LogP contribution in [0.4, 0.5) is 10.6 Å². The molecule has 1 fully saturated rings. The number of carbonyl (C=O) groups is 3. The average molecular weight is 460 g/mol. The first-order chi connectivity index (χ1) is 16.4. The fourth-order valence-corrected chi connectivity index (χ4v) is 4.52. The van der Waals surface area contributed by atoms with E-state index < -0.39 is 24.5 Å². The molecule has 0 atom stereocenters. The van der Waals surface area contributed by atoms with Crippen LogP contribution in [0.25, 0.3) is 11.1 Å². The van der Waals surface area contributed by atoms with Gasteiger partial charge in [0.15, 0.2) is 5.82 Å². The molecule has 1 heterocycles. The topological polar surface area (TPSA) is 114 Å². The molecule has 2 amide bonds. The molecule has 9 heteroatoms. The van der Waals surface area contributed by atoms with Gasteiger partial charge in [-0.15, -0.1) is 0 Å². The number of nitrogens with zero attached hydrogens (tertiary/aromatic N) is 3. The normalized spacial score (nSPS) is 14.3. The summed E-state index contributed by atoms with van der Waals surface area (Å²) >= 11 is 0. The minimum absolute atomic E-state index is 0.0424. The zero-order valence-corrected chi connectivity index (χ0v) is 18.6. The van der Waals surface area contributed by atoms with E-state index in [1.54, 1.807) is 7.05 Å². The lowest BCUT2D eigenvalue weighted by atomic mass is 9.98. The predicted octanol–water partition coefficient (Wildman–Crippen LogP) is 3.47. The van der Waals surface area contributed by atoms with E-state index in [-0.39, 0.29) is 29.9 Å². The van der Waals surface area contributed by atoms with Crippen LogP contribution in [0.2, 0.25) is 0 Å². The van der Waals surface area contributed by atoms with Gasteiger partial charge in [0.25, 0.3) is 5.91 Å². The molecule has 9 nitrogen and oxygen atoms in total. The Morgan fingerprint density at radius 1 is 1.09 bits per heavy atom. The number of fused-ring (bicyclic) bond motifs is 3. The second kappa shape index (κ2) is 8.66. The van der Waals surface area contributed by atoms with E-state index in [4.69, 9.17) is 4.74 Å². The van der Waals surface area contributed by atoms with Crippen molar-refractivity contribution in [2.24, 2.45) is 7.05 Å². The molecule has 0 bridgehead atoms. The van der Waals surface area contributed by atoms with Gasteiger partial charge in [-0.1, -0.05) is 48.5 Å². The third kappa shape index (κ3) is 4.12. The smallest absolute Gasteiger partial charge is 0.412 e. The quantitative estimate of drug-likeness (QED) is 0.558. The van der Waals surface area contributed by atoms with Gasteiger partial charge in [0, 0.05) is 25.2 Å². The maximum atomic E-state index is 13.0. The van der Waals surface area contributed by atoms with Gasteiger partial charge >= 0.3 is 12.1 Å². The summed E-state index contributed by atoms with van der Waals surface area (Å²) in [7, 11) is 1.62. The molecule has 5 rings (SSSR count). The summed E-state index contributed by atoms with van der Waals surface area (Å²) in [6.45, 7) is -0.272. The highest BCUT2D eigenvalue weighted by atomic mass is 16.5. The van der Waals surface area contributed by atoms with Crippen molar-refractivity contribution in [3.63, 3.8) is 0 Å². The first-order valence-electron chi connectivity index (χ1n) is 11.1. The second-order valence-electron chi connectivity index (χ2n) is 8.57. The van der Waals surface area contributed by atoms with E-state index in [0.717, 1.165) is 35.1 Å². The van der Waals surface area contributed by atoms with Crippen LogP contribution < -0.4 is 5.32 Å². The summed E-state index contributed by atoms with van der Waals surface area (Å²) in [6.07, 6.45) is 2.26. The molecule has 0 spiro atoms. The lowest BCUT2D eigenvalue weighted by Gasteiger charge is -2.20. The fraction of sp³-hybridized carbons (Fsp3) is 0.280. The molecule has 0 unspecified atom stereocenters. The Kier molecular flexibility index (Phi) is 5.53. The third-order valence-corrected chi connectivity index (χ3v) is 6.18. The van der Waals surface area contributed by atoms with Crippen molar-refractivity contribution < 1.29 is 24.2 Å². The molecule has 34 heavy (non-hydrogen) atoms. The van der Waals surface area contributed by atoms with E-state index >= 15 is 0 Å². The Morgan fingerprint density at radius 2 is 1.71 bits per heavy atom. The van der Waals surface area contributed by atoms with Crippen molar-refractivity contribution in [2.75, 3.05) is 18.5 Å². The summed E-state index contributed by atoms with van der Waals surface area (Å²) in [6, 6.07) is 16.0. The van der Waals surface area contributed by atoms with Crippen LogP contribution in [0.15, 0.2) is 54.7 Å². The van der Waals surface area contributed by atoms with Crippen LogP contribution >= 0.6 is 0 Å². The number of aromatic nitrogens is 2. The monoisotopic (exact) mass is 460 g/mol. The molecule has 174 valence electrons. The summed E-state index contributed by atoms with van der Waals surface area (Å²) < 4.78 is 6.96. The van der Waals surface area contributed by atoms with Crippen LogP contribution in [-0.2, 0) is 16.6 Å². The van der Waals surface area contributed by atoms with Gasteiger partial charge in [0.05, 0.1) is 0 Å². The van der Waals surface area contributed by atoms with Crippen molar-refractivity contribution >= 4 is 23.8 Å². The van der Waals surface area contributed by atoms with Gasteiger partial charge in [-0.25, -0.2) is 4.79 Å². The molecule has 1 aromatic heterocycles. The summed E-state index contributed by atoms with van der Waals surface area (Å²) in [5.41, 5.74) is 4.58. The number of hydrogen-bond acceptors (Lipinski definition) is 5. The van der Waals surface area contributed by atoms with Crippen LogP contribution in [0.1, 0.15) is 40.2 Å². The van der Waals surface area contributed by atoms with Gasteiger partial charge in [0.2, 0.25) is 0 Å². The molecule has 0 radical (unpaired) electrons. The van der Waals surface area contributed by atoms with Crippen molar-refractivity contribution in [3.8, 4) is 11.1 Å². The first-order valence-corrected chi connectivity index (χ1v) is 11.1. The average Bonchev–Trinajstić information content (AvgIpc) is 3.53. The third-order valence-electron chi connectivity index (χ3n) is 6.18. The summed E-state index contributed by atoms with van der Waals surface area (Å²) in [5, 5.41) is 15.9. The highest BCUT2D eigenvalue weighted by molar-refractivity contribution is 6.02. The molecule has 3 aromatic rings. The number of benzene rings is 2. The van der Waals surface area contributed by atoms with Crippen molar-refractivity contribution in [2.45, 2.75) is 24.8 Å². The van der Waals surface area contributed by atoms with E-state index in [2.05, 4.69) is 22.5 Å². The van der Waals surface area contributed by atoms with Gasteiger partial charge < -0.3 is 14.7 Å². The zero-order valence-electron chi connectivity index (χ0n) is 18.6. The minimum atomic E-state index is -1.09. The Morgan fingerprint density at radius 3 is 2.29 bits per heavy atom. The molecule has 2 aliphatic rings. The maximum absolute atomic E-state index is 13.0. The number of rotatable bonds is 7. The van der Waals surface area contributed by atoms with Crippen molar-refractivity contribution in [1.82, 2.24) is 14.7 Å². The van der Waals surface area contributed by atoms with E-state index in [0.29, 0.717) is 0 Å². The minimum Gasteiger partial charge on any atom is -0.480 e. The number of amides is 2. The van der Waals surface area contributed by atoms with Gasteiger partial charge in [-0.2, -0.15) is 5.10 Å². The molecule has 2 aromatic carbocycles. The van der Waals surface area contributed by atoms with Gasteiger partial charge in [-0.3, -0.25) is 19.6 Å². The Hall–Kier alpha value is -4.14. The highest BCUT2D eigenvalue weighted by Gasteiger charge is 2.36. The summed E-state index contributed by atoms with van der Waals surface area (Å²) in [5.74, 6) is -1.62. The lowest BCUT2D eigenvalue weighted by molar-refractivity contribution is -0.137. The van der Waals surface area contributed by atoms with E-state index in [1.807, 2.05) is 36.4 Å². The molecule has 2 N–H and O–H groups in total. The fourth-order valence-electron chi connectivity index (χ4n) is 4.52. The number of anilines is 1. The van der Waals surface area contributed by atoms with Crippen molar-refractivity contribution in [3.05, 3.63) is 71.4 Å². The number of carbonyl (C=O) groups excluding carboxylic acids is 2. The molecule has 0 aliphatic heterocycles. The predicted molar refractivity (Wildman–Crippen MR) is 124 cm³/mol. The van der Waals surface area contributed by atoms with Crippen LogP contribution in [0, 0.1) is 0 Å². The number of aliphatic carboxylic acids is 1. The van der Waals surface area contributed by atoms with E-state index in [9.17, 15) is 19.5 Å². The summed E-state index contributed by atoms with van der Waals surface area (Å²) in [4.78, 5) is 38.2. The van der Waals surface area contributed by atoms with Crippen molar-refractivity contribution in [1.29, 1.82) is 0 Å². The number of ether oxygens (including phenoxy) is 1. The number of carboxylic acid groups (broad SMARTS) is 1. The number of carboxylic acids is 1. The molecule has 0 saturated heterocycles. The first kappa shape index (κ1) is 21.7. The Labute approximate surface area is 195 Å². The largest absolute Gasteiger partial charge is 0.480 e. The van der Waals surface area contributed by atoms with Gasteiger partial charge in [0.1, 0.15) is 18.7 Å². The standard InChI is InChI=1S/C25H24N4O5/c1-28-12-20(24(32)29(13-22(30)31)15-10-11-15)23(27-28)26-25(33)34-14-21-18-8-4-2-6-16(18)17-7-3-5-9-19(17)21/h2-9,12,15,21H,10-11,13-14H2,1H3,(H,30,31)(H,26,27,33). The van der Waals surface area contributed by atoms with Gasteiger partial charge in [-0.05, 0) is 35.1 Å². The number of aryl methyl sites for hydroxylation is 1. The molecular weight excluding hydrogens is 436 g/mol. The molecule has 1 saturated carbocycles. The van der Waals surface area contributed by atoms with E-state index in [1.165, 1.54) is 15.8 Å². The zero-order chi connectivity index (χ0) is 23.8. The Bertz CT molecular complexity index is 1230. The Balaban J connectivity index is 1.30. The maximum Gasteiger partial charge on any atom is 0.412 e. The molecule has 2 aliphatic carbocycles. The SMILES string of the molecule is Cn1cc(C(=O)N(CC(=O)O)C2CC2)c(NC(=O)OCC2c3ccccc3-c3ccccc32)n1. The van der Waals surface area contributed by atoms with Crippen LogP contribution in [0.3, 0.4) is 0 Å². The molecular formula is C25H24N4O5. The highest BCUT2D eigenvalue weighted by Crippen LogP contribution is 2.44. The number of hydrogen-bond donors (Lipinski definition) is 2. The second-order valence-corrected chi connectivity index (χ2v) is 8.57. The lowest BCUT2D eigenvalue weighted by Crippen LogP contribution is -2.37. The van der Waals surface area contributed by atoms with Crippen LogP contribution in [0.5, 0.6) is 0 Å². The number of nitrogens with one attached hydrogen (secondary N) is 1. The van der Waals surface area contributed by atoms with Crippen LogP contribution in [-0.4, -0.2) is 57.0 Å².